The molecule has 0 spiro atoms. The third kappa shape index (κ3) is 6.94. The second kappa shape index (κ2) is 11.4. The van der Waals surface area contributed by atoms with E-state index in [1.807, 2.05) is 0 Å². The van der Waals surface area contributed by atoms with Gasteiger partial charge in [-0.05, 0) is 35.9 Å². The summed E-state index contributed by atoms with van der Waals surface area (Å²) in [5, 5.41) is 27.3. The molecule has 0 saturated heterocycles. The molecular weight excluding hydrogens is 586 g/mol. The molecule has 0 aliphatic carbocycles. The van der Waals surface area contributed by atoms with Gasteiger partial charge in [0.25, 0.3) is 0 Å². The molecule has 4 aromatic rings. The SMILES string of the molecule is O=C(O)Cn1nc(Cc2ccccc2C(F)(F)F)nc1Cn1nc(-c2ccc(Cl)cc2)n(CC(O)C(F)(F)F)c1=O. The van der Waals surface area contributed by atoms with Crippen molar-refractivity contribution in [1.29, 1.82) is 0 Å². The van der Waals surface area contributed by atoms with Crippen LogP contribution in [0.3, 0.4) is 0 Å². The van der Waals surface area contributed by atoms with Crippen molar-refractivity contribution in [2.24, 2.45) is 0 Å². The Bertz CT molecular complexity index is 1610. The van der Waals surface area contributed by atoms with Crippen molar-refractivity contribution in [2.75, 3.05) is 0 Å². The number of nitrogens with zero attached hydrogens (tertiary/aromatic N) is 6. The molecule has 2 N–H and O–H groups in total. The van der Waals surface area contributed by atoms with E-state index >= 15 is 0 Å². The minimum absolute atomic E-state index is 0.177. The van der Waals surface area contributed by atoms with Gasteiger partial charge < -0.3 is 10.2 Å². The summed E-state index contributed by atoms with van der Waals surface area (Å²) in [5.74, 6) is -2.06. The van der Waals surface area contributed by atoms with Gasteiger partial charge in [0.1, 0.15) is 18.9 Å². The topological polar surface area (TPSA) is 128 Å². The number of benzene rings is 2. The van der Waals surface area contributed by atoms with Crippen molar-refractivity contribution in [3.05, 3.63) is 86.8 Å². The monoisotopic (exact) mass is 604 g/mol. The van der Waals surface area contributed by atoms with E-state index in [1.54, 1.807) is 0 Å². The van der Waals surface area contributed by atoms with Crippen molar-refractivity contribution in [2.45, 2.75) is 44.5 Å². The van der Waals surface area contributed by atoms with Gasteiger partial charge in [-0.1, -0.05) is 29.8 Å². The van der Waals surface area contributed by atoms with E-state index in [4.69, 9.17) is 11.6 Å². The number of carbonyl (C=O) groups is 1. The predicted octanol–water partition coefficient (Wildman–Crippen LogP) is 3.62. The number of aromatic nitrogens is 6. The maximum absolute atomic E-state index is 13.4. The summed E-state index contributed by atoms with van der Waals surface area (Å²) >= 11 is 5.87. The zero-order valence-electron chi connectivity index (χ0n) is 20.6. The van der Waals surface area contributed by atoms with E-state index in [1.165, 1.54) is 42.5 Å². The number of aliphatic carboxylic acids is 1. The molecule has 0 saturated carbocycles. The number of carboxylic acid groups (broad SMARTS) is 1. The standard InChI is InChI=1S/C24H19ClF6N6O4/c25-15-7-5-13(6-8-15)21-34-37(22(41)35(21)10-17(38)24(29,30)31)11-19-32-18(33-36(19)12-20(39)40)9-14-3-1-2-4-16(14)23(26,27)28/h1-8,17,38H,9-12H2,(H,39,40). The van der Waals surface area contributed by atoms with Crippen LogP contribution in [0.1, 0.15) is 22.8 Å². The summed E-state index contributed by atoms with van der Waals surface area (Å²) in [5.41, 5.74) is -2.06. The van der Waals surface area contributed by atoms with Gasteiger partial charge in [0, 0.05) is 17.0 Å². The molecule has 4 rings (SSSR count). The highest BCUT2D eigenvalue weighted by molar-refractivity contribution is 6.30. The Hall–Kier alpha value is -4.18. The first kappa shape index (κ1) is 29.8. The van der Waals surface area contributed by atoms with E-state index in [9.17, 15) is 46.1 Å². The summed E-state index contributed by atoms with van der Waals surface area (Å²) in [6.45, 7) is -2.59. The molecule has 0 fully saturated rings. The second-order valence-electron chi connectivity index (χ2n) is 8.77. The van der Waals surface area contributed by atoms with E-state index in [2.05, 4.69) is 15.2 Å². The molecule has 0 aliphatic heterocycles. The van der Waals surface area contributed by atoms with Gasteiger partial charge >= 0.3 is 24.0 Å². The van der Waals surface area contributed by atoms with Crippen LogP contribution in [0.15, 0.2) is 53.3 Å². The Morgan fingerprint density at radius 1 is 0.976 bits per heavy atom. The van der Waals surface area contributed by atoms with Gasteiger partial charge in [-0.15, -0.1) is 5.10 Å². The van der Waals surface area contributed by atoms with Crippen molar-refractivity contribution in [1.82, 2.24) is 29.1 Å². The summed E-state index contributed by atoms with van der Waals surface area (Å²) in [6, 6.07) is 10.2. The lowest BCUT2D eigenvalue weighted by Gasteiger charge is -2.15. The third-order valence-electron chi connectivity index (χ3n) is 5.80. The summed E-state index contributed by atoms with van der Waals surface area (Å²) in [6.07, 6.45) is -13.1. The number of hydrogen-bond acceptors (Lipinski definition) is 6. The molecule has 41 heavy (non-hydrogen) atoms. The van der Waals surface area contributed by atoms with E-state index in [0.29, 0.717) is 14.3 Å². The van der Waals surface area contributed by atoms with Crippen LogP contribution < -0.4 is 5.69 Å². The van der Waals surface area contributed by atoms with Crippen LogP contribution in [0, 0.1) is 0 Å². The molecular formula is C24H19ClF6N6O4. The fourth-order valence-corrected chi connectivity index (χ4v) is 4.05. The predicted molar refractivity (Wildman–Crippen MR) is 130 cm³/mol. The first-order chi connectivity index (χ1) is 19.1. The molecule has 17 heteroatoms. The highest BCUT2D eigenvalue weighted by atomic mass is 35.5. The molecule has 1 atom stereocenters. The number of halogens is 7. The number of aliphatic hydroxyl groups is 1. The van der Waals surface area contributed by atoms with Gasteiger partial charge in [0.15, 0.2) is 17.8 Å². The Balaban J connectivity index is 1.75. The second-order valence-corrected chi connectivity index (χ2v) is 9.20. The number of hydrogen-bond donors (Lipinski definition) is 2. The first-order valence-electron chi connectivity index (χ1n) is 11.6. The highest BCUT2D eigenvalue weighted by Crippen LogP contribution is 2.32. The van der Waals surface area contributed by atoms with Crippen LogP contribution in [0.2, 0.25) is 5.02 Å². The van der Waals surface area contributed by atoms with Gasteiger partial charge in [0.2, 0.25) is 0 Å². The summed E-state index contributed by atoms with van der Waals surface area (Å²) in [4.78, 5) is 28.7. The van der Waals surface area contributed by atoms with Gasteiger partial charge in [-0.3, -0.25) is 9.36 Å². The smallest absolute Gasteiger partial charge is 0.416 e. The van der Waals surface area contributed by atoms with Gasteiger partial charge in [-0.2, -0.15) is 31.4 Å². The zero-order valence-corrected chi connectivity index (χ0v) is 21.3. The molecule has 0 amide bonds. The number of rotatable bonds is 9. The van der Waals surface area contributed by atoms with Crippen LogP contribution in [-0.2, 0) is 37.0 Å². The lowest BCUT2D eigenvalue weighted by molar-refractivity contribution is -0.207. The average Bonchev–Trinajstić information content (AvgIpc) is 3.38. The number of aliphatic hydroxyl groups excluding tert-OH is 1. The Morgan fingerprint density at radius 3 is 2.24 bits per heavy atom. The van der Waals surface area contributed by atoms with Gasteiger partial charge in [0.05, 0.1) is 12.1 Å². The molecule has 0 bridgehead atoms. The largest absolute Gasteiger partial charge is 0.480 e. The maximum Gasteiger partial charge on any atom is 0.416 e. The molecule has 0 radical (unpaired) electrons. The third-order valence-corrected chi connectivity index (χ3v) is 6.05. The Kier molecular flexibility index (Phi) is 8.26. The van der Waals surface area contributed by atoms with Crippen LogP contribution in [0.4, 0.5) is 26.3 Å². The van der Waals surface area contributed by atoms with Crippen molar-refractivity contribution in [3.8, 4) is 11.4 Å². The molecule has 218 valence electrons. The van der Waals surface area contributed by atoms with Crippen LogP contribution >= 0.6 is 11.6 Å². The van der Waals surface area contributed by atoms with Crippen molar-refractivity contribution >= 4 is 17.6 Å². The minimum atomic E-state index is -5.05. The Labute approximate surface area is 231 Å². The number of alkyl halides is 6. The quantitative estimate of drug-likeness (QED) is 0.279. The fourth-order valence-electron chi connectivity index (χ4n) is 3.93. The van der Waals surface area contributed by atoms with E-state index in [-0.39, 0.29) is 28.6 Å². The molecule has 2 heterocycles. The molecule has 10 nitrogen and oxygen atoms in total. The van der Waals surface area contributed by atoms with Crippen molar-refractivity contribution in [3.63, 3.8) is 0 Å². The Morgan fingerprint density at radius 2 is 1.63 bits per heavy atom. The normalized spacial score (nSPS) is 13.0. The minimum Gasteiger partial charge on any atom is -0.480 e. The molecule has 0 aliphatic rings. The number of carboxylic acids is 1. The van der Waals surface area contributed by atoms with E-state index < -0.39 is 61.7 Å². The lowest BCUT2D eigenvalue weighted by atomic mass is 10.0. The summed E-state index contributed by atoms with van der Waals surface area (Å²) < 4.78 is 81.7. The first-order valence-corrected chi connectivity index (χ1v) is 12.0. The molecule has 2 aromatic carbocycles. The van der Waals surface area contributed by atoms with E-state index in [0.717, 1.165) is 10.7 Å². The highest BCUT2D eigenvalue weighted by Gasteiger charge is 2.39. The van der Waals surface area contributed by atoms with Crippen LogP contribution in [-0.4, -0.2) is 57.6 Å². The average molecular weight is 605 g/mol. The molecule has 1 unspecified atom stereocenters. The summed E-state index contributed by atoms with van der Waals surface area (Å²) in [7, 11) is 0. The zero-order chi connectivity index (χ0) is 30.1. The fraction of sp³-hybridized carbons (Fsp3) is 0.292. The van der Waals surface area contributed by atoms with Crippen molar-refractivity contribution < 1.29 is 41.4 Å². The van der Waals surface area contributed by atoms with Gasteiger partial charge in [-0.25, -0.2) is 19.1 Å². The lowest BCUT2D eigenvalue weighted by Crippen LogP contribution is -2.37. The van der Waals surface area contributed by atoms with Crippen LogP contribution in [0.5, 0.6) is 0 Å². The maximum atomic E-state index is 13.4. The molecule has 2 aromatic heterocycles. The van der Waals surface area contributed by atoms with Crippen LogP contribution in [0.25, 0.3) is 11.4 Å².